The van der Waals surface area contributed by atoms with E-state index in [0.29, 0.717) is 12.2 Å². The minimum Gasteiger partial charge on any atom is -0.354 e. The monoisotopic (exact) mass is 393 g/mol. The van der Waals surface area contributed by atoms with Gasteiger partial charge in [-0.25, -0.2) is 18.1 Å². The Balaban J connectivity index is 1.79. The second-order valence-corrected chi connectivity index (χ2v) is 8.59. The van der Waals surface area contributed by atoms with Crippen LogP contribution in [-0.2, 0) is 27.8 Å². The maximum absolute atomic E-state index is 12.1. The predicted molar refractivity (Wildman–Crippen MR) is 105 cm³/mol. The summed E-state index contributed by atoms with van der Waals surface area (Å²) in [5.41, 5.74) is 7.78. The van der Waals surface area contributed by atoms with E-state index in [1.807, 2.05) is 41.1 Å². The third kappa shape index (κ3) is 7.49. The highest BCUT2D eigenvalue weighted by Crippen LogP contribution is 2.05. The minimum absolute atomic E-state index is 0.0109. The van der Waals surface area contributed by atoms with Gasteiger partial charge in [0.2, 0.25) is 15.9 Å². The van der Waals surface area contributed by atoms with Gasteiger partial charge in [0.15, 0.2) is 0 Å². The van der Waals surface area contributed by atoms with E-state index in [-0.39, 0.29) is 24.8 Å². The topological polar surface area (TPSA) is 119 Å². The van der Waals surface area contributed by atoms with Crippen molar-refractivity contribution in [1.82, 2.24) is 19.6 Å². The van der Waals surface area contributed by atoms with Gasteiger partial charge in [-0.1, -0.05) is 30.3 Å². The molecule has 0 saturated carbocycles. The van der Waals surface area contributed by atoms with Crippen molar-refractivity contribution in [2.45, 2.75) is 38.9 Å². The smallest absolute Gasteiger partial charge is 0.237 e. The number of amides is 1. The van der Waals surface area contributed by atoms with Gasteiger partial charge < -0.3 is 15.6 Å². The third-order valence-corrected chi connectivity index (χ3v) is 5.32. The first-order chi connectivity index (χ1) is 12.7. The molecule has 27 heavy (non-hydrogen) atoms. The van der Waals surface area contributed by atoms with Crippen LogP contribution in [-0.4, -0.2) is 48.3 Å². The molecule has 0 radical (unpaired) electrons. The summed E-state index contributed by atoms with van der Waals surface area (Å²) in [6.07, 6.45) is 3.85. The van der Waals surface area contributed by atoms with Crippen molar-refractivity contribution in [3.8, 4) is 0 Å². The first-order valence-electron chi connectivity index (χ1n) is 8.83. The second kappa shape index (κ2) is 9.63. The van der Waals surface area contributed by atoms with Gasteiger partial charge in [-0.15, -0.1) is 0 Å². The number of nitrogens with zero attached hydrogens (tertiary/aromatic N) is 2. The summed E-state index contributed by atoms with van der Waals surface area (Å²) in [6, 6.07) is 9.01. The quantitative estimate of drug-likeness (QED) is 0.534. The van der Waals surface area contributed by atoms with E-state index >= 15 is 0 Å². The fraction of sp³-hybridized carbons (Fsp3) is 0.444. The average Bonchev–Trinajstić information content (AvgIpc) is 3.01. The maximum Gasteiger partial charge on any atom is 0.237 e. The van der Waals surface area contributed by atoms with Crippen molar-refractivity contribution >= 4 is 15.9 Å². The first kappa shape index (κ1) is 21.1. The van der Waals surface area contributed by atoms with E-state index in [0.717, 1.165) is 5.56 Å². The molecule has 0 spiro atoms. The number of benzene rings is 1. The molecule has 1 atom stereocenters. The molecular formula is C18H27N5O3S. The Morgan fingerprint density at radius 3 is 2.63 bits per heavy atom. The number of rotatable bonds is 10. The molecule has 0 bridgehead atoms. The van der Waals surface area contributed by atoms with Gasteiger partial charge in [0.05, 0.1) is 23.8 Å². The molecule has 0 unspecified atom stereocenters. The van der Waals surface area contributed by atoms with E-state index in [2.05, 4.69) is 15.0 Å². The highest BCUT2D eigenvalue weighted by Gasteiger charge is 2.17. The molecule has 148 valence electrons. The van der Waals surface area contributed by atoms with Crippen LogP contribution in [0.15, 0.2) is 42.9 Å². The van der Waals surface area contributed by atoms with Crippen LogP contribution in [0.3, 0.4) is 0 Å². The number of hydrogen-bond donors (Lipinski definition) is 3. The van der Waals surface area contributed by atoms with Crippen LogP contribution in [0.5, 0.6) is 0 Å². The summed E-state index contributed by atoms with van der Waals surface area (Å²) in [7, 11) is -3.41. The Hall–Kier alpha value is -2.23. The number of aromatic nitrogens is 2. The van der Waals surface area contributed by atoms with Gasteiger partial charge in [-0.3, -0.25) is 4.79 Å². The van der Waals surface area contributed by atoms with Gasteiger partial charge in [0.1, 0.15) is 0 Å². The SMILES string of the molecule is CC(C)NS(=O)(=O)CCNC(=O)[C@@H](N)Cc1cn(Cc2ccccc2)cn1. The van der Waals surface area contributed by atoms with Crippen LogP contribution in [0.1, 0.15) is 25.1 Å². The largest absolute Gasteiger partial charge is 0.354 e. The number of nitrogens with one attached hydrogen (secondary N) is 2. The number of carbonyl (C=O) groups is 1. The number of sulfonamides is 1. The third-order valence-electron chi connectivity index (χ3n) is 3.75. The Kier molecular flexibility index (Phi) is 7.52. The molecule has 4 N–H and O–H groups in total. The van der Waals surface area contributed by atoms with Crippen LogP contribution >= 0.6 is 0 Å². The molecule has 0 aliphatic heterocycles. The van der Waals surface area contributed by atoms with Gasteiger partial charge >= 0.3 is 0 Å². The summed E-state index contributed by atoms with van der Waals surface area (Å²) in [5, 5.41) is 2.56. The van der Waals surface area contributed by atoms with Crippen LogP contribution in [0.25, 0.3) is 0 Å². The lowest BCUT2D eigenvalue weighted by atomic mass is 10.1. The first-order valence-corrected chi connectivity index (χ1v) is 10.5. The van der Waals surface area contributed by atoms with E-state index in [1.165, 1.54) is 0 Å². The summed E-state index contributed by atoms with van der Waals surface area (Å²) in [6.45, 7) is 4.18. The standard InChI is InChI=1S/C18H27N5O3S/c1-14(2)22-27(25,26)9-8-20-18(24)17(19)10-16-12-23(13-21-16)11-15-6-4-3-5-7-15/h3-7,12-14,17,22H,8-11,19H2,1-2H3,(H,20,24)/t17-/m0/s1. The molecule has 0 saturated heterocycles. The lowest BCUT2D eigenvalue weighted by Gasteiger charge is -2.12. The van der Waals surface area contributed by atoms with Crippen molar-refractivity contribution in [2.75, 3.05) is 12.3 Å². The molecule has 1 amide bonds. The zero-order chi connectivity index (χ0) is 19.9. The van der Waals surface area contributed by atoms with Gasteiger partial charge in [0.25, 0.3) is 0 Å². The zero-order valence-corrected chi connectivity index (χ0v) is 16.4. The van der Waals surface area contributed by atoms with Crippen LogP contribution in [0.4, 0.5) is 0 Å². The Bertz CT molecular complexity index is 834. The van der Waals surface area contributed by atoms with Crippen LogP contribution in [0, 0.1) is 0 Å². The molecule has 1 aromatic carbocycles. The second-order valence-electron chi connectivity index (χ2n) is 6.72. The van der Waals surface area contributed by atoms with Gasteiger partial charge in [0, 0.05) is 31.7 Å². The summed E-state index contributed by atoms with van der Waals surface area (Å²) in [5.74, 6) is -0.581. The Morgan fingerprint density at radius 2 is 1.96 bits per heavy atom. The van der Waals surface area contributed by atoms with Crippen molar-refractivity contribution in [3.05, 3.63) is 54.1 Å². The molecule has 0 fully saturated rings. The van der Waals surface area contributed by atoms with E-state index in [1.54, 1.807) is 20.2 Å². The molecule has 0 aliphatic rings. The highest BCUT2D eigenvalue weighted by molar-refractivity contribution is 7.89. The van der Waals surface area contributed by atoms with Crippen molar-refractivity contribution in [2.24, 2.45) is 5.73 Å². The van der Waals surface area contributed by atoms with E-state index in [9.17, 15) is 13.2 Å². The van der Waals surface area contributed by atoms with E-state index < -0.39 is 22.0 Å². The highest BCUT2D eigenvalue weighted by atomic mass is 32.2. The van der Waals surface area contributed by atoms with Gasteiger partial charge in [-0.2, -0.15) is 0 Å². The maximum atomic E-state index is 12.1. The molecule has 2 aromatic rings. The molecule has 0 aliphatic carbocycles. The fourth-order valence-corrected chi connectivity index (χ4v) is 3.78. The zero-order valence-electron chi connectivity index (χ0n) is 15.6. The molecule has 8 nitrogen and oxygen atoms in total. The molecule has 1 heterocycles. The summed E-state index contributed by atoms with van der Waals surface area (Å²) < 4.78 is 27.9. The molecule has 1 aromatic heterocycles. The van der Waals surface area contributed by atoms with Crippen LogP contribution < -0.4 is 15.8 Å². The fourth-order valence-electron chi connectivity index (χ4n) is 2.57. The summed E-state index contributed by atoms with van der Waals surface area (Å²) >= 11 is 0. The number of hydrogen-bond acceptors (Lipinski definition) is 5. The van der Waals surface area contributed by atoms with Gasteiger partial charge in [-0.05, 0) is 19.4 Å². The number of imidazole rings is 1. The predicted octanol–water partition coefficient (Wildman–Crippen LogP) is 0.245. The summed E-state index contributed by atoms with van der Waals surface area (Å²) in [4.78, 5) is 16.4. The molecular weight excluding hydrogens is 366 g/mol. The lowest BCUT2D eigenvalue weighted by molar-refractivity contribution is -0.122. The number of nitrogens with two attached hydrogens (primary N) is 1. The normalized spacial score (nSPS) is 12.9. The lowest BCUT2D eigenvalue weighted by Crippen LogP contribution is -2.44. The van der Waals surface area contributed by atoms with E-state index in [4.69, 9.17) is 5.73 Å². The number of carbonyl (C=O) groups excluding carboxylic acids is 1. The van der Waals surface area contributed by atoms with Crippen LogP contribution in [0.2, 0.25) is 0 Å². The molecule has 2 rings (SSSR count). The van der Waals surface area contributed by atoms with Crippen molar-refractivity contribution in [1.29, 1.82) is 0 Å². The Labute approximate surface area is 160 Å². The van der Waals surface area contributed by atoms with Crippen molar-refractivity contribution < 1.29 is 13.2 Å². The Morgan fingerprint density at radius 1 is 1.26 bits per heavy atom. The minimum atomic E-state index is -3.41. The molecule has 9 heteroatoms. The average molecular weight is 394 g/mol. The van der Waals surface area contributed by atoms with Crippen molar-refractivity contribution in [3.63, 3.8) is 0 Å².